The zero-order valence-corrected chi connectivity index (χ0v) is 53.1. The number of esters is 3. The van der Waals surface area contributed by atoms with Crippen molar-refractivity contribution in [3.63, 3.8) is 0 Å². The molecular weight excluding hydrogens is 985 g/mol. The fourth-order valence-electron chi connectivity index (χ4n) is 9.93. The lowest BCUT2D eigenvalue weighted by atomic mass is 10.0. The van der Waals surface area contributed by atoms with Gasteiger partial charge in [0, 0.05) is 19.3 Å². The first-order valence-corrected chi connectivity index (χ1v) is 34.6. The highest BCUT2D eigenvalue weighted by Gasteiger charge is 2.19. The minimum atomic E-state index is -0.781. The van der Waals surface area contributed by atoms with Crippen molar-refractivity contribution >= 4 is 17.9 Å². The molecule has 0 aromatic rings. The molecule has 0 aliphatic carbocycles. The van der Waals surface area contributed by atoms with Crippen molar-refractivity contribution in [3.05, 3.63) is 85.1 Å². The van der Waals surface area contributed by atoms with Crippen molar-refractivity contribution in [2.45, 2.75) is 354 Å². The van der Waals surface area contributed by atoms with Crippen molar-refractivity contribution in [1.29, 1.82) is 0 Å². The monoisotopic (exact) mass is 1110 g/mol. The van der Waals surface area contributed by atoms with E-state index in [0.717, 1.165) is 96.3 Å². The Morgan fingerprint density at radius 1 is 0.263 bits per heavy atom. The summed E-state index contributed by atoms with van der Waals surface area (Å²) in [7, 11) is 0. The fourth-order valence-corrected chi connectivity index (χ4v) is 9.93. The van der Waals surface area contributed by atoms with Crippen LogP contribution >= 0.6 is 0 Å². The molecule has 0 saturated carbocycles. The highest BCUT2D eigenvalue weighted by atomic mass is 16.6. The van der Waals surface area contributed by atoms with E-state index in [1.807, 2.05) is 0 Å². The molecule has 1 atom stereocenters. The van der Waals surface area contributed by atoms with Gasteiger partial charge in [-0.3, -0.25) is 14.4 Å². The van der Waals surface area contributed by atoms with Gasteiger partial charge in [0.1, 0.15) is 13.2 Å². The van der Waals surface area contributed by atoms with Crippen LogP contribution < -0.4 is 0 Å². The third-order valence-corrected chi connectivity index (χ3v) is 15.1. The van der Waals surface area contributed by atoms with Crippen molar-refractivity contribution in [1.82, 2.24) is 0 Å². The Kier molecular flexibility index (Phi) is 65.2. The molecule has 0 aromatic carbocycles. The third-order valence-electron chi connectivity index (χ3n) is 15.1. The maximum Gasteiger partial charge on any atom is 0.306 e. The number of carbonyl (C=O) groups is 3. The molecule has 0 aliphatic rings. The van der Waals surface area contributed by atoms with Crippen LogP contribution in [0.1, 0.15) is 348 Å². The highest BCUT2D eigenvalue weighted by molar-refractivity contribution is 5.71. The lowest BCUT2D eigenvalue weighted by Gasteiger charge is -2.18. The highest BCUT2D eigenvalue weighted by Crippen LogP contribution is 2.17. The van der Waals surface area contributed by atoms with Gasteiger partial charge in [0.25, 0.3) is 0 Å². The molecule has 0 bridgehead atoms. The minimum absolute atomic E-state index is 0.0778. The average molecular weight is 1120 g/mol. The second-order valence-electron chi connectivity index (χ2n) is 23.1. The predicted molar refractivity (Wildman–Crippen MR) is 348 cm³/mol. The van der Waals surface area contributed by atoms with E-state index < -0.39 is 6.10 Å². The SMILES string of the molecule is CC/C=C\C/C=C\C/C=C\C/C=C\C/C=C\CCCCCCCCCCCCCCCC(=O)OCC(COC(=O)CCCCCCC/C=C\CCCCC)OC(=O)CCCCCCCCCCC/C=C\CCCCCCCCCC. The molecule has 462 valence electrons. The average Bonchev–Trinajstić information content (AvgIpc) is 3.46. The number of allylic oxidation sites excluding steroid dienone is 14. The predicted octanol–water partition coefficient (Wildman–Crippen LogP) is 23.8. The lowest BCUT2D eigenvalue weighted by molar-refractivity contribution is -0.167. The van der Waals surface area contributed by atoms with Crippen molar-refractivity contribution in [3.8, 4) is 0 Å². The summed E-state index contributed by atoms with van der Waals surface area (Å²) in [5.41, 5.74) is 0. The molecule has 0 aliphatic heterocycles. The first-order valence-electron chi connectivity index (χ1n) is 34.6. The van der Waals surface area contributed by atoms with Gasteiger partial charge in [0.2, 0.25) is 0 Å². The second kappa shape index (κ2) is 68.1. The summed E-state index contributed by atoms with van der Waals surface area (Å²) < 4.78 is 17.0. The van der Waals surface area contributed by atoms with E-state index in [2.05, 4.69) is 106 Å². The van der Waals surface area contributed by atoms with Crippen LogP contribution in [0.15, 0.2) is 85.1 Å². The number of carbonyl (C=O) groups excluding carboxylic acids is 3. The van der Waals surface area contributed by atoms with E-state index in [1.54, 1.807) is 0 Å². The van der Waals surface area contributed by atoms with Crippen LogP contribution in [0.2, 0.25) is 0 Å². The zero-order valence-electron chi connectivity index (χ0n) is 53.1. The van der Waals surface area contributed by atoms with Crippen LogP contribution in [-0.4, -0.2) is 37.2 Å². The Labute approximate surface area is 496 Å². The van der Waals surface area contributed by atoms with E-state index in [1.165, 1.54) is 212 Å². The number of rotatable bonds is 63. The lowest BCUT2D eigenvalue weighted by Crippen LogP contribution is -2.30. The molecule has 80 heavy (non-hydrogen) atoms. The quantitative estimate of drug-likeness (QED) is 0.0261. The molecule has 6 heteroatoms. The summed E-state index contributed by atoms with van der Waals surface area (Å²) in [6.45, 7) is 6.53. The van der Waals surface area contributed by atoms with Crippen LogP contribution in [0.25, 0.3) is 0 Å². The molecule has 0 spiro atoms. The molecule has 0 N–H and O–H groups in total. The van der Waals surface area contributed by atoms with E-state index >= 15 is 0 Å². The van der Waals surface area contributed by atoms with Crippen molar-refractivity contribution < 1.29 is 28.6 Å². The largest absolute Gasteiger partial charge is 0.462 e. The third kappa shape index (κ3) is 65.4. The number of hydrogen-bond donors (Lipinski definition) is 0. The van der Waals surface area contributed by atoms with Gasteiger partial charge in [-0.15, -0.1) is 0 Å². The van der Waals surface area contributed by atoms with E-state index in [-0.39, 0.29) is 31.1 Å². The minimum Gasteiger partial charge on any atom is -0.462 e. The molecule has 1 unspecified atom stereocenters. The van der Waals surface area contributed by atoms with Crippen molar-refractivity contribution in [2.75, 3.05) is 13.2 Å². The van der Waals surface area contributed by atoms with Crippen LogP contribution in [-0.2, 0) is 28.6 Å². The molecule has 0 radical (unpaired) electrons. The van der Waals surface area contributed by atoms with Gasteiger partial charge in [-0.1, -0.05) is 298 Å². The molecule has 0 heterocycles. The van der Waals surface area contributed by atoms with E-state index in [0.29, 0.717) is 19.3 Å². The van der Waals surface area contributed by atoms with Gasteiger partial charge in [-0.2, -0.15) is 0 Å². The van der Waals surface area contributed by atoms with Gasteiger partial charge in [-0.05, 0) is 116 Å². The zero-order chi connectivity index (χ0) is 57.8. The maximum atomic E-state index is 12.9. The molecule has 0 saturated heterocycles. The fraction of sp³-hybridized carbons (Fsp3) is 0.770. The number of hydrogen-bond acceptors (Lipinski definition) is 6. The Balaban J connectivity index is 4.24. The van der Waals surface area contributed by atoms with Crippen LogP contribution in [0.4, 0.5) is 0 Å². The smallest absolute Gasteiger partial charge is 0.306 e. The first kappa shape index (κ1) is 76.6. The molecule has 6 nitrogen and oxygen atoms in total. The van der Waals surface area contributed by atoms with Gasteiger partial charge >= 0.3 is 17.9 Å². The van der Waals surface area contributed by atoms with Crippen molar-refractivity contribution in [2.24, 2.45) is 0 Å². The standard InChI is InChI=1S/C74H130O6/c1-4-7-10-13-16-19-22-25-27-29-31-33-34-35-36-37-38-39-40-42-43-45-47-49-52-55-58-61-64-67-73(76)79-70-71(69-78-72(75)66-63-60-57-54-51-24-21-18-15-12-9-6-3)80-74(77)68-65-62-59-56-53-50-48-46-44-41-32-30-28-26-23-20-17-14-11-8-5-2/h7,10,16,18-19,21,25,27,30-33,35-36,71H,4-6,8-9,11-15,17,20,22-24,26,28-29,34,37-70H2,1-3H3/b10-7-,19-16-,21-18-,27-25-,32-30-,33-31-,36-35-. The number of ether oxygens (including phenoxy) is 3. The van der Waals surface area contributed by atoms with E-state index in [4.69, 9.17) is 14.2 Å². The summed E-state index contributed by atoms with van der Waals surface area (Å²) in [5.74, 6) is -0.874. The molecule has 0 fully saturated rings. The maximum absolute atomic E-state index is 12.9. The van der Waals surface area contributed by atoms with Gasteiger partial charge < -0.3 is 14.2 Å². The van der Waals surface area contributed by atoms with Gasteiger partial charge in [-0.25, -0.2) is 0 Å². The van der Waals surface area contributed by atoms with Crippen LogP contribution in [0, 0.1) is 0 Å². The number of unbranched alkanes of at least 4 members (excludes halogenated alkanes) is 38. The van der Waals surface area contributed by atoms with Crippen LogP contribution in [0.5, 0.6) is 0 Å². The molecule has 0 rings (SSSR count). The topological polar surface area (TPSA) is 78.9 Å². The van der Waals surface area contributed by atoms with Gasteiger partial charge in [0.15, 0.2) is 6.10 Å². The van der Waals surface area contributed by atoms with E-state index in [9.17, 15) is 14.4 Å². The molecular formula is C74H130O6. The molecule has 0 amide bonds. The normalized spacial score (nSPS) is 12.6. The summed E-state index contributed by atoms with van der Waals surface area (Å²) in [6, 6.07) is 0. The summed E-state index contributed by atoms with van der Waals surface area (Å²) in [4.78, 5) is 38.4. The van der Waals surface area contributed by atoms with Crippen LogP contribution in [0.3, 0.4) is 0 Å². The summed E-state index contributed by atoms with van der Waals surface area (Å²) in [6.07, 6.45) is 90.4. The Hall–Kier alpha value is -3.41. The van der Waals surface area contributed by atoms with Gasteiger partial charge in [0.05, 0.1) is 0 Å². The summed E-state index contributed by atoms with van der Waals surface area (Å²) in [5, 5.41) is 0. The summed E-state index contributed by atoms with van der Waals surface area (Å²) >= 11 is 0. The second-order valence-corrected chi connectivity index (χ2v) is 23.1. The first-order chi connectivity index (χ1) is 39.5. The Morgan fingerprint density at radius 2 is 0.487 bits per heavy atom. The Bertz CT molecular complexity index is 1520. The molecule has 0 aromatic heterocycles. The Morgan fingerprint density at radius 3 is 0.800 bits per heavy atom.